The number of piperidine rings is 1. The third kappa shape index (κ3) is 2.37. The van der Waals surface area contributed by atoms with Gasteiger partial charge in [-0.1, -0.05) is 11.6 Å². The first kappa shape index (κ1) is 12.9. The molecule has 0 aromatic carbocycles. The summed E-state index contributed by atoms with van der Waals surface area (Å²) in [4.78, 5) is 14.6. The second-order valence-electron chi connectivity index (χ2n) is 5.40. The molecule has 19 heavy (non-hydrogen) atoms. The van der Waals surface area contributed by atoms with Gasteiger partial charge in [0.1, 0.15) is 5.54 Å². The minimum Gasteiger partial charge on any atom is -0.354 e. The van der Waals surface area contributed by atoms with Crippen molar-refractivity contribution in [2.24, 2.45) is 0 Å². The van der Waals surface area contributed by atoms with E-state index in [-0.39, 0.29) is 11.4 Å². The lowest BCUT2D eigenvalue weighted by atomic mass is 9.86. The van der Waals surface area contributed by atoms with Gasteiger partial charge in [-0.3, -0.25) is 14.4 Å². The van der Waals surface area contributed by atoms with Crippen LogP contribution in [0, 0.1) is 0 Å². The number of carbonyl (C=O) groups is 1. The zero-order chi connectivity index (χ0) is 13.3. The predicted molar refractivity (Wildman–Crippen MR) is 73.0 cm³/mol. The lowest BCUT2D eigenvalue weighted by Gasteiger charge is -2.40. The number of hydrogen-bond acceptors (Lipinski definition) is 3. The van der Waals surface area contributed by atoms with E-state index in [1.807, 2.05) is 10.9 Å². The first-order chi connectivity index (χ1) is 9.21. The maximum Gasteiger partial charge on any atom is 0.240 e. The largest absolute Gasteiger partial charge is 0.354 e. The van der Waals surface area contributed by atoms with Crippen LogP contribution in [0.2, 0.25) is 5.02 Å². The first-order valence-electron chi connectivity index (χ1n) is 6.92. The molecule has 6 heteroatoms. The number of likely N-dealkylation sites (tertiary alicyclic amines) is 1. The highest BCUT2D eigenvalue weighted by Crippen LogP contribution is 2.35. The second-order valence-corrected chi connectivity index (χ2v) is 5.84. The lowest BCUT2D eigenvalue weighted by molar-refractivity contribution is -0.134. The number of hydrogen-bond donors (Lipinski definition) is 1. The van der Waals surface area contributed by atoms with E-state index in [9.17, 15) is 4.79 Å². The van der Waals surface area contributed by atoms with Crippen molar-refractivity contribution in [1.29, 1.82) is 0 Å². The topological polar surface area (TPSA) is 50.2 Å². The number of amides is 1. The molecular weight excluding hydrogens is 264 g/mol. The summed E-state index contributed by atoms with van der Waals surface area (Å²) in [5.41, 5.74) is -0.255. The minimum absolute atomic E-state index is 0.217. The van der Waals surface area contributed by atoms with Gasteiger partial charge in [0.05, 0.1) is 17.8 Å². The summed E-state index contributed by atoms with van der Waals surface area (Å²) in [7, 11) is 0. The molecule has 0 saturated carbocycles. The van der Waals surface area contributed by atoms with E-state index in [1.165, 1.54) is 0 Å². The number of nitrogens with zero attached hydrogens (tertiary/aromatic N) is 3. The number of halogens is 1. The van der Waals surface area contributed by atoms with Crippen LogP contribution in [0.15, 0.2) is 12.4 Å². The van der Waals surface area contributed by atoms with Crippen LogP contribution in [0.3, 0.4) is 0 Å². The number of aromatic nitrogens is 2. The summed E-state index contributed by atoms with van der Waals surface area (Å²) in [6.45, 7) is 3.46. The van der Waals surface area contributed by atoms with Crippen molar-refractivity contribution in [2.75, 3.05) is 19.6 Å². The Kier molecular flexibility index (Phi) is 3.50. The van der Waals surface area contributed by atoms with E-state index in [1.54, 1.807) is 6.20 Å². The monoisotopic (exact) mass is 282 g/mol. The Bertz CT molecular complexity index is 475. The Morgan fingerprint density at radius 1 is 1.37 bits per heavy atom. The van der Waals surface area contributed by atoms with Crippen LogP contribution in [0.1, 0.15) is 25.7 Å². The van der Waals surface area contributed by atoms with E-state index in [0.717, 1.165) is 51.9 Å². The Hall–Kier alpha value is -1.07. The number of rotatable bonds is 3. The molecule has 1 unspecified atom stereocenters. The maximum absolute atomic E-state index is 12.2. The molecule has 2 aliphatic rings. The van der Waals surface area contributed by atoms with Crippen LogP contribution in [0.25, 0.3) is 0 Å². The summed E-state index contributed by atoms with van der Waals surface area (Å²) in [6, 6.07) is 0. The quantitative estimate of drug-likeness (QED) is 0.909. The molecule has 104 valence electrons. The smallest absolute Gasteiger partial charge is 0.240 e. The summed E-state index contributed by atoms with van der Waals surface area (Å²) in [6.07, 6.45) is 7.63. The zero-order valence-electron chi connectivity index (χ0n) is 10.9. The van der Waals surface area contributed by atoms with Gasteiger partial charge in [0, 0.05) is 19.3 Å². The molecular formula is C13H19ClN4O. The van der Waals surface area contributed by atoms with Gasteiger partial charge < -0.3 is 5.32 Å². The summed E-state index contributed by atoms with van der Waals surface area (Å²) in [5, 5.41) is 7.87. The third-order valence-corrected chi connectivity index (χ3v) is 4.49. The molecule has 2 fully saturated rings. The summed E-state index contributed by atoms with van der Waals surface area (Å²) < 4.78 is 1.84. The molecule has 2 saturated heterocycles. The van der Waals surface area contributed by atoms with Crippen LogP contribution in [-0.4, -0.2) is 45.8 Å². The van der Waals surface area contributed by atoms with Crippen molar-refractivity contribution in [1.82, 2.24) is 20.0 Å². The van der Waals surface area contributed by atoms with Gasteiger partial charge in [-0.25, -0.2) is 0 Å². The van der Waals surface area contributed by atoms with E-state index >= 15 is 0 Å². The molecule has 1 aromatic rings. The lowest BCUT2D eigenvalue weighted by Crippen LogP contribution is -2.59. The van der Waals surface area contributed by atoms with Crippen LogP contribution < -0.4 is 5.32 Å². The summed E-state index contributed by atoms with van der Waals surface area (Å²) >= 11 is 5.86. The van der Waals surface area contributed by atoms with Gasteiger partial charge in [-0.2, -0.15) is 5.10 Å². The fourth-order valence-corrected chi connectivity index (χ4v) is 3.50. The average molecular weight is 283 g/mol. The Balaban J connectivity index is 1.67. The molecule has 1 spiro atoms. The first-order valence-corrected chi connectivity index (χ1v) is 7.30. The van der Waals surface area contributed by atoms with Crippen LogP contribution in [0.4, 0.5) is 0 Å². The molecule has 0 aliphatic carbocycles. The number of nitrogens with one attached hydrogen (secondary N) is 1. The standard InChI is InChI=1S/C13H19ClN4O/c14-11-9-16-18(10-11)8-7-17-6-2-4-13(17)3-1-5-15-12(13)19/h9-10H,1-8H2,(H,15,19). The third-order valence-electron chi connectivity index (χ3n) is 4.30. The Morgan fingerprint density at radius 3 is 2.95 bits per heavy atom. The minimum atomic E-state index is -0.255. The zero-order valence-corrected chi connectivity index (χ0v) is 11.7. The van der Waals surface area contributed by atoms with Crippen LogP contribution in [-0.2, 0) is 11.3 Å². The molecule has 0 bridgehead atoms. The van der Waals surface area contributed by atoms with Crippen molar-refractivity contribution in [3.05, 3.63) is 17.4 Å². The summed E-state index contributed by atoms with van der Waals surface area (Å²) in [5.74, 6) is 0.217. The second kappa shape index (κ2) is 5.13. The fraction of sp³-hybridized carbons (Fsp3) is 0.692. The highest BCUT2D eigenvalue weighted by Gasteiger charge is 2.47. The molecule has 1 atom stereocenters. The van der Waals surface area contributed by atoms with Crippen molar-refractivity contribution < 1.29 is 4.79 Å². The van der Waals surface area contributed by atoms with Crippen molar-refractivity contribution in [3.8, 4) is 0 Å². The van der Waals surface area contributed by atoms with Gasteiger partial charge in [0.2, 0.25) is 5.91 Å². The molecule has 3 rings (SSSR count). The molecule has 3 heterocycles. The highest BCUT2D eigenvalue weighted by atomic mass is 35.5. The predicted octanol–water partition coefficient (Wildman–Crippen LogP) is 1.28. The fourth-order valence-electron chi connectivity index (χ4n) is 3.35. The molecule has 0 radical (unpaired) electrons. The van der Waals surface area contributed by atoms with Crippen molar-refractivity contribution in [3.63, 3.8) is 0 Å². The van der Waals surface area contributed by atoms with E-state index < -0.39 is 0 Å². The van der Waals surface area contributed by atoms with Gasteiger partial charge in [-0.05, 0) is 32.2 Å². The van der Waals surface area contributed by atoms with Crippen molar-refractivity contribution >= 4 is 17.5 Å². The van der Waals surface area contributed by atoms with Gasteiger partial charge in [-0.15, -0.1) is 0 Å². The SMILES string of the molecule is O=C1NCCCC12CCCN2CCn1cc(Cl)cn1. The van der Waals surface area contributed by atoms with Gasteiger partial charge in [0.25, 0.3) is 0 Å². The molecule has 2 aliphatic heterocycles. The van der Waals surface area contributed by atoms with Gasteiger partial charge in [0.15, 0.2) is 0 Å². The highest BCUT2D eigenvalue weighted by molar-refractivity contribution is 6.30. The molecule has 1 aromatic heterocycles. The molecule has 1 N–H and O–H groups in total. The molecule has 5 nitrogen and oxygen atoms in total. The number of carbonyl (C=O) groups excluding carboxylic acids is 1. The Labute approximate surface area is 117 Å². The van der Waals surface area contributed by atoms with E-state index in [2.05, 4.69) is 15.3 Å². The van der Waals surface area contributed by atoms with Crippen LogP contribution in [0.5, 0.6) is 0 Å². The Morgan fingerprint density at radius 2 is 2.21 bits per heavy atom. The van der Waals surface area contributed by atoms with E-state index in [4.69, 9.17) is 11.6 Å². The van der Waals surface area contributed by atoms with Crippen molar-refractivity contribution in [2.45, 2.75) is 37.8 Å². The molecule has 1 amide bonds. The van der Waals surface area contributed by atoms with E-state index in [0.29, 0.717) is 5.02 Å². The average Bonchev–Trinajstić information content (AvgIpc) is 2.98. The van der Waals surface area contributed by atoms with Gasteiger partial charge >= 0.3 is 0 Å². The maximum atomic E-state index is 12.2. The normalized spacial score (nSPS) is 27.9. The van der Waals surface area contributed by atoms with Crippen LogP contribution >= 0.6 is 11.6 Å².